The van der Waals surface area contributed by atoms with Gasteiger partial charge in [-0.3, -0.25) is 0 Å². The molecule has 0 aromatic heterocycles. The molecule has 1 saturated heterocycles. The molecule has 0 aliphatic carbocycles. The lowest BCUT2D eigenvalue weighted by Gasteiger charge is -2.26. The second-order valence-corrected chi connectivity index (χ2v) is 8.93. The summed E-state index contributed by atoms with van der Waals surface area (Å²) in [5.74, 6) is -1.52. The van der Waals surface area contributed by atoms with Gasteiger partial charge in [0.2, 0.25) is 10.0 Å². The first kappa shape index (κ1) is 22.8. The third-order valence-corrected chi connectivity index (χ3v) is 6.92. The lowest BCUT2D eigenvalue weighted by Crippen LogP contribution is -2.45. The number of carbonyl (C=O) groups excluding carboxylic acids is 3. The highest BCUT2D eigenvalue weighted by Gasteiger charge is 2.31. The Balaban J connectivity index is 1.81. The van der Waals surface area contributed by atoms with Crippen LogP contribution >= 0.6 is 0 Å². The second-order valence-electron chi connectivity index (χ2n) is 7.02. The first-order valence-corrected chi connectivity index (χ1v) is 11.5. The van der Waals surface area contributed by atoms with Gasteiger partial charge in [0, 0.05) is 13.1 Å². The smallest absolute Gasteiger partial charge is 0.339 e. The molecule has 1 aromatic carbocycles. The summed E-state index contributed by atoms with van der Waals surface area (Å²) in [6, 6.07) is 5.28. The van der Waals surface area contributed by atoms with Crippen LogP contribution in [-0.4, -0.2) is 63.5 Å². The van der Waals surface area contributed by atoms with E-state index in [4.69, 9.17) is 9.47 Å². The van der Waals surface area contributed by atoms with Crippen LogP contribution in [0.1, 0.15) is 36.5 Å². The van der Waals surface area contributed by atoms with Crippen LogP contribution in [0.2, 0.25) is 0 Å². The fourth-order valence-corrected chi connectivity index (χ4v) is 5.09. The highest BCUT2D eigenvalue weighted by Crippen LogP contribution is 2.24. The molecule has 11 heteroatoms. The molecular formula is C20H25N3O7S. The summed E-state index contributed by atoms with van der Waals surface area (Å²) in [6.07, 6.45) is 2.50. The van der Waals surface area contributed by atoms with Gasteiger partial charge in [-0.25, -0.2) is 22.8 Å². The minimum atomic E-state index is -3.85. The fourth-order valence-electron chi connectivity index (χ4n) is 3.39. The Kier molecular flexibility index (Phi) is 7.29. The zero-order chi connectivity index (χ0) is 22.4. The predicted octanol–water partition coefficient (Wildman–Crippen LogP) is 1.15. The monoisotopic (exact) mass is 451 g/mol. The van der Waals surface area contributed by atoms with E-state index in [2.05, 4.69) is 10.6 Å². The van der Waals surface area contributed by atoms with E-state index in [1.54, 1.807) is 19.1 Å². The molecule has 0 spiro atoms. The quantitative estimate of drug-likeness (QED) is 0.595. The number of amides is 2. The number of sulfonamides is 1. The minimum Gasteiger partial charge on any atom is -0.463 e. The van der Waals surface area contributed by atoms with E-state index in [0.717, 1.165) is 19.3 Å². The summed E-state index contributed by atoms with van der Waals surface area (Å²) < 4.78 is 37.7. The number of esters is 2. The van der Waals surface area contributed by atoms with Crippen LogP contribution in [0.25, 0.3) is 0 Å². The molecule has 31 heavy (non-hydrogen) atoms. The summed E-state index contributed by atoms with van der Waals surface area (Å²) in [5, 5.41) is 4.89. The number of nitrogens with zero attached hydrogens (tertiary/aromatic N) is 1. The zero-order valence-electron chi connectivity index (χ0n) is 17.2. The van der Waals surface area contributed by atoms with Crippen molar-refractivity contribution < 1.29 is 32.3 Å². The van der Waals surface area contributed by atoms with Gasteiger partial charge in [-0.15, -0.1) is 0 Å². The number of rotatable bonds is 7. The van der Waals surface area contributed by atoms with Crippen LogP contribution in [0, 0.1) is 0 Å². The fraction of sp³-hybridized carbons (Fsp3) is 0.450. The SMILES string of the molecule is CCOC(=O)C1=C(COC(=O)c2ccccc2S(=O)(=O)N2CCCCC2)NC(=O)NC1. The molecule has 1 aromatic rings. The highest BCUT2D eigenvalue weighted by atomic mass is 32.2. The van der Waals surface area contributed by atoms with Crippen LogP contribution in [0.3, 0.4) is 0 Å². The molecule has 0 unspecified atom stereocenters. The molecule has 2 heterocycles. The van der Waals surface area contributed by atoms with Crippen LogP contribution < -0.4 is 10.6 Å². The Morgan fingerprint density at radius 3 is 2.48 bits per heavy atom. The Morgan fingerprint density at radius 1 is 1.06 bits per heavy atom. The van der Waals surface area contributed by atoms with Crippen molar-refractivity contribution in [1.29, 1.82) is 0 Å². The number of piperidine rings is 1. The molecule has 3 rings (SSSR count). The maximum atomic E-state index is 13.1. The molecule has 2 N–H and O–H groups in total. The Hall–Kier alpha value is -2.92. The van der Waals surface area contributed by atoms with Crippen molar-refractivity contribution in [1.82, 2.24) is 14.9 Å². The first-order valence-electron chi connectivity index (χ1n) is 10.0. The maximum Gasteiger partial charge on any atom is 0.339 e. The van der Waals surface area contributed by atoms with Gasteiger partial charge in [-0.2, -0.15) is 4.31 Å². The number of hydrogen-bond donors (Lipinski definition) is 2. The van der Waals surface area contributed by atoms with Crippen molar-refractivity contribution in [3.05, 3.63) is 41.1 Å². The predicted molar refractivity (Wildman–Crippen MR) is 110 cm³/mol. The number of carbonyl (C=O) groups is 3. The summed E-state index contributed by atoms with van der Waals surface area (Å²) >= 11 is 0. The molecule has 2 aliphatic heterocycles. The van der Waals surface area contributed by atoms with Gasteiger partial charge in [-0.1, -0.05) is 18.6 Å². The third kappa shape index (κ3) is 5.23. The molecule has 2 amide bonds. The number of ether oxygens (including phenoxy) is 2. The summed E-state index contributed by atoms with van der Waals surface area (Å²) in [4.78, 5) is 36.4. The van der Waals surface area contributed by atoms with Crippen molar-refractivity contribution in [2.45, 2.75) is 31.1 Å². The van der Waals surface area contributed by atoms with Gasteiger partial charge in [0.05, 0.1) is 34.9 Å². The molecule has 0 bridgehead atoms. The Labute approximate surface area is 180 Å². The van der Waals surface area contributed by atoms with Crippen LogP contribution in [0.15, 0.2) is 40.4 Å². The van der Waals surface area contributed by atoms with E-state index >= 15 is 0 Å². The molecule has 1 fully saturated rings. The highest BCUT2D eigenvalue weighted by molar-refractivity contribution is 7.89. The van der Waals surface area contributed by atoms with Crippen molar-refractivity contribution in [2.24, 2.45) is 0 Å². The van der Waals surface area contributed by atoms with E-state index in [9.17, 15) is 22.8 Å². The average molecular weight is 452 g/mol. The van der Waals surface area contributed by atoms with Crippen molar-refractivity contribution in [3.8, 4) is 0 Å². The normalized spacial score (nSPS) is 17.5. The van der Waals surface area contributed by atoms with Gasteiger partial charge in [0.1, 0.15) is 6.61 Å². The summed E-state index contributed by atoms with van der Waals surface area (Å²) in [7, 11) is -3.85. The number of hydrogen-bond acceptors (Lipinski definition) is 7. The molecule has 0 saturated carbocycles. The first-order chi connectivity index (χ1) is 14.8. The summed E-state index contributed by atoms with van der Waals surface area (Å²) in [6.45, 7) is 2.11. The largest absolute Gasteiger partial charge is 0.463 e. The van der Waals surface area contributed by atoms with Crippen LogP contribution in [-0.2, 0) is 24.3 Å². The topological polar surface area (TPSA) is 131 Å². The Morgan fingerprint density at radius 2 is 1.77 bits per heavy atom. The van der Waals surface area contributed by atoms with E-state index in [1.807, 2.05) is 0 Å². The van der Waals surface area contributed by atoms with E-state index in [0.29, 0.717) is 13.1 Å². The van der Waals surface area contributed by atoms with Crippen molar-refractivity contribution in [2.75, 3.05) is 32.8 Å². The van der Waals surface area contributed by atoms with E-state index < -0.39 is 34.6 Å². The maximum absolute atomic E-state index is 13.1. The molecule has 2 aliphatic rings. The van der Waals surface area contributed by atoms with Crippen LogP contribution in [0.4, 0.5) is 4.79 Å². The van der Waals surface area contributed by atoms with Gasteiger partial charge in [-0.05, 0) is 31.9 Å². The van der Waals surface area contributed by atoms with Gasteiger partial charge >= 0.3 is 18.0 Å². The number of nitrogens with one attached hydrogen (secondary N) is 2. The van der Waals surface area contributed by atoms with Gasteiger partial charge in [0.25, 0.3) is 0 Å². The molecule has 0 atom stereocenters. The lowest BCUT2D eigenvalue weighted by atomic mass is 10.1. The molecule has 168 valence electrons. The zero-order valence-corrected chi connectivity index (χ0v) is 18.0. The summed E-state index contributed by atoms with van der Waals surface area (Å²) in [5.41, 5.74) is 0.113. The van der Waals surface area contributed by atoms with E-state index in [-0.39, 0.29) is 34.9 Å². The molecule has 0 radical (unpaired) electrons. The third-order valence-electron chi connectivity index (χ3n) is 4.96. The number of urea groups is 1. The van der Waals surface area contributed by atoms with Gasteiger partial charge < -0.3 is 20.1 Å². The second kappa shape index (κ2) is 9.92. The lowest BCUT2D eigenvalue weighted by molar-refractivity contribution is -0.138. The standard InChI is InChI=1S/C20H25N3O7S/c1-2-29-19(25)15-12-21-20(26)22-16(15)13-30-18(24)14-8-4-5-9-17(14)31(27,28)23-10-6-3-7-11-23/h4-5,8-9H,2-3,6-7,10-13H2,1H3,(H2,21,22,26). The van der Waals surface area contributed by atoms with E-state index in [1.165, 1.54) is 16.4 Å². The van der Waals surface area contributed by atoms with Crippen LogP contribution in [0.5, 0.6) is 0 Å². The number of benzene rings is 1. The molecule has 10 nitrogen and oxygen atoms in total. The van der Waals surface area contributed by atoms with Gasteiger partial charge in [0.15, 0.2) is 0 Å². The average Bonchev–Trinajstić information content (AvgIpc) is 2.78. The Bertz CT molecular complexity index is 998. The van der Waals surface area contributed by atoms with Crippen molar-refractivity contribution in [3.63, 3.8) is 0 Å². The molecular weight excluding hydrogens is 426 g/mol. The minimum absolute atomic E-state index is 0.0719. The van der Waals surface area contributed by atoms with Crippen molar-refractivity contribution >= 4 is 28.0 Å².